The van der Waals surface area contributed by atoms with E-state index in [0.29, 0.717) is 0 Å². The molecule has 1 rings (SSSR count). The molecule has 0 fully saturated rings. The Morgan fingerprint density at radius 3 is 2.36 bits per heavy atom. The first-order chi connectivity index (χ1) is 5.13. The van der Waals surface area contributed by atoms with Crippen LogP contribution in [0.15, 0.2) is 5.16 Å². The molecule has 60 valence electrons. The van der Waals surface area contributed by atoms with E-state index in [9.17, 15) is 9.59 Å². The van der Waals surface area contributed by atoms with Gasteiger partial charge in [-0.05, 0) is 0 Å². The second kappa shape index (κ2) is 2.57. The van der Waals surface area contributed by atoms with Gasteiger partial charge in [-0.3, -0.25) is 4.79 Å². The van der Waals surface area contributed by atoms with E-state index >= 15 is 0 Å². The molecule has 2 unspecified atom stereocenters. The van der Waals surface area contributed by atoms with E-state index in [1.54, 1.807) is 0 Å². The summed E-state index contributed by atoms with van der Waals surface area (Å²) in [6.45, 7) is 0. The van der Waals surface area contributed by atoms with E-state index < -0.39 is 24.0 Å². The fraction of sp³-hybridized carbons (Fsp3) is 0.400. The number of oxime groups is 1. The summed E-state index contributed by atoms with van der Waals surface area (Å²) < 4.78 is 0. The summed E-state index contributed by atoms with van der Waals surface area (Å²) in [5.41, 5.74) is 0. The molecular formula is C5H5NO5. The topological polar surface area (TPSA) is 96.2 Å². The molecule has 0 aromatic rings. The summed E-state index contributed by atoms with van der Waals surface area (Å²) in [7, 11) is 0. The zero-order valence-corrected chi connectivity index (χ0v) is 5.30. The molecule has 0 amide bonds. The van der Waals surface area contributed by atoms with Gasteiger partial charge >= 0.3 is 11.9 Å². The van der Waals surface area contributed by atoms with Gasteiger partial charge in [-0.15, -0.1) is 0 Å². The number of hydrogen-bond donors (Lipinski definition) is 2. The number of carbonyl (C=O) groups is 2. The Morgan fingerprint density at radius 2 is 2.00 bits per heavy atom. The van der Waals surface area contributed by atoms with Crippen LogP contribution in [-0.2, 0) is 14.4 Å². The molecule has 0 bridgehead atoms. The first-order valence-electron chi connectivity index (χ1n) is 2.78. The van der Waals surface area contributed by atoms with Crippen molar-refractivity contribution < 1.29 is 24.6 Å². The third kappa shape index (κ3) is 1.28. The van der Waals surface area contributed by atoms with Crippen molar-refractivity contribution in [3.05, 3.63) is 0 Å². The Kier molecular flexibility index (Phi) is 1.75. The molecule has 0 saturated heterocycles. The highest BCUT2D eigenvalue weighted by Gasteiger charge is 2.38. The second-order valence-electron chi connectivity index (χ2n) is 1.98. The number of carboxylic acid groups (broad SMARTS) is 2. The normalized spacial score (nSPS) is 28.0. The minimum absolute atomic E-state index is 0.959. The van der Waals surface area contributed by atoms with Gasteiger partial charge in [0.05, 0.1) is 6.21 Å². The zero-order chi connectivity index (χ0) is 8.43. The predicted octanol–water partition coefficient (Wildman–Crippen LogP) is -0.844. The molecular weight excluding hydrogens is 154 g/mol. The maximum Gasteiger partial charge on any atom is 0.349 e. The van der Waals surface area contributed by atoms with Crippen molar-refractivity contribution in [3.8, 4) is 0 Å². The lowest BCUT2D eigenvalue weighted by Gasteiger charge is -2.06. The highest BCUT2D eigenvalue weighted by atomic mass is 16.7. The average molecular weight is 159 g/mol. The summed E-state index contributed by atoms with van der Waals surface area (Å²) in [4.78, 5) is 24.8. The summed E-state index contributed by atoms with van der Waals surface area (Å²) in [5.74, 6) is -3.75. The number of carboxylic acids is 2. The third-order valence-corrected chi connectivity index (χ3v) is 1.25. The largest absolute Gasteiger partial charge is 0.481 e. The van der Waals surface area contributed by atoms with Gasteiger partial charge in [-0.1, -0.05) is 5.16 Å². The van der Waals surface area contributed by atoms with Gasteiger partial charge in [0, 0.05) is 0 Å². The molecule has 1 aliphatic rings. The molecule has 6 heteroatoms. The molecule has 0 aromatic heterocycles. The van der Waals surface area contributed by atoms with Crippen molar-refractivity contribution >= 4 is 18.2 Å². The zero-order valence-electron chi connectivity index (χ0n) is 5.30. The Balaban J connectivity index is 2.71. The third-order valence-electron chi connectivity index (χ3n) is 1.25. The first-order valence-corrected chi connectivity index (χ1v) is 2.78. The molecule has 1 heterocycles. The van der Waals surface area contributed by atoms with Crippen LogP contribution in [0.5, 0.6) is 0 Å². The van der Waals surface area contributed by atoms with Crippen LogP contribution in [0.1, 0.15) is 0 Å². The van der Waals surface area contributed by atoms with Gasteiger partial charge in [0.1, 0.15) is 5.92 Å². The molecule has 0 aromatic carbocycles. The summed E-state index contributed by atoms with van der Waals surface area (Å²) in [6, 6.07) is 0. The molecule has 6 nitrogen and oxygen atoms in total. The predicted molar refractivity (Wildman–Crippen MR) is 32.1 cm³/mol. The van der Waals surface area contributed by atoms with Crippen molar-refractivity contribution in [1.82, 2.24) is 0 Å². The monoisotopic (exact) mass is 159 g/mol. The molecule has 0 spiro atoms. The number of hydrogen-bond acceptors (Lipinski definition) is 4. The van der Waals surface area contributed by atoms with Crippen molar-refractivity contribution in [3.63, 3.8) is 0 Å². The Morgan fingerprint density at radius 1 is 1.36 bits per heavy atom. The number of nitrogens with zero attached hydrogens (tertiary/aromatic N) is 1. The van der Waals surface area contributed by atoms with Gasteiger partial charge in [-0.25, -0.2) is 4.79 Å². The van der Waals surface area contributed by atoms with Crippen LogP contribution in [0.4, 0.5) is 0 Å². The standard InChI is InChI=1S/C5H5NO5/c7-4(8)2-1-6-11-3(2)5(9)10/h1-3H,(H,7,8)(H,9,10). The Bertz CT molecular complexity index is 223. The number of aliphatic carboxylic acids is 2. The van der Waals surface area contributed by atoms with E-state index in [1.807, 2.05) is 0 Å². The lowest BCUT2D eigenvalue weighted by molar-refractivity contribution is -0.157. The van der Waals surface area contributed by atoms with Crippen LogP contribution in [0.2, 0.25) is 0 Å². The molecule has 0 saturated carbocycles. The van der Waals surface area contributed by atoms with Gasteiger partial charge in [0.2, 0.25) is 6.10 Å². The quantitative estimate of drug-likeness (QED) is 0.547. The highest BCUT2D eigenvalue weighted by molar-refractivity contribution is 5.95. The second-order valence-corrected chi connectivity index (χ2v) is 1.98. The van der Waals surface area contributed by atoms with E-state index in [-0.39, 0.29) is 0 Å². The summed E-state index contributed by atoms with van der Waals surface area (Å²) in [6.07, 6.45) is -0.423. The SMILES string of the molecule is O=C(O)C1C=NOC1C(=O)O. The van der Waals surface area contributed by atoms with Crippen LogP contribution in [0.25, 0.3) is 0 Å². The van der Waals surface area contributed by atoms with Crippen LogP contribution in [0.3, 0.4) is 0 Å². The average Bonchev–Trinajstić information content (AvgIpc) is 2.32. The number of rotatable bonds is 2. The van der Waals surface area contributed by atoms with E-state index in [1.165, 1.54) is 0 Å². The molecule has 1 aliphatic heterocycles. The molecule has 0 radical (unpaired) electrons. The van der Waals surface area contributed by atoms with Gasteiger partial charge in [0.25, 0.3) is 0 Å². The molecule has 2 N–H and O–H groups in total. The van der Waals surface area contributed by atoms with Gasteiger partial charge < -0.3 is 15.1 Å². The molecule has 0 aliphatic carbocycles. The van der Waals surface area contributed by atoms with Crippen LogP contribution < -0.4 is 0 Å². The molecule has 11 heavy (non-hydrogen) atoms. The Labute approximate surface area is 61.1 Å². The van der Waals surface area contributed by atoms with Gasteiger partial charge in [0.15, 0.2) is 0 Å². The van der Waals surface area contributed by atoms with Crippen molar-refractivity contribution in [1.29, 1.82) is 0 Å². The van der Waals surface area contributed by atoms with Crippen molar-refractivity contribution in [2.45, 2.75) is 6.10 Å². The molecule has 2 atom stereocenters. The maximum absolute atomic E-state index is 10.3. The summed E-state index contributed by atoms with van der Waals surface area (Å²) in [5, 5.41) is 19.9. The first kappa shape index (κ1) is 7.52. The van der Waals surface area contributed by atoms with E-state index in [4.69, 9.17) is 10.2 Å². The smallest absolute Gasteiger partial charge is 0.349 e. The summed E-state index contributed by atoms with van der Waals surface area (Å²) >= 11 is 0. The maximum atomic E-state index is 10.3. The van der Waals surface area contributed by atoms with Crippen molar-refractivity contribution in [2.75, 3.05) is 0 Å². The fourth-order valence-corrected chi connectivity index (χ4v) is 0.702. The van der Waals surface area contributed by atoms with E-state index in [2.05, 4.69) is 9.99 Å². The van der Waals surface area contributed by atoms with Crippen LogP contribution >= 0.6 is 0 Å². The highest BCUT2D eigenvalue weighted by Crippen LogP contribution is 2.13. The van der Waals surface area contributed by atoms with Crippen molar-refractivity contribution in [2.24, 2.45) is 11.1 Å². The van der Waals surface area contributed by atoms with Gasteiger partial charge in [-0.2, -0.15) is 0 Å². The minimum atomic E-state index is -1.38. The minimum Gasteiger partial charge on any atom is -0.481 e. The van der Waals surface area contributed by atoms with Crippen LogP contribution in [0, 0.1) is 5.92 Å². The Hall–Kier alpha value is -1.59. The van der Waals surface area contributed by atoms with E-state index in [0.717, 1.165) is 6.21 Å². The lowest BCUT2D eigenvalue weighted by Crippen LogP contribution is -2.33. The fourth-order valence-electron chi connectivity index (χ4n) is 0.702. The van der Waals surface area contributed by atoms with Crippen LogP contribution in [-0.4, -0.2) is 34.5 Å². The lowest BCUT2D eigenvalue weighted by atomic mass is 10.1.